The van der Waals surface area contributed by atoms with Crippen molar-refractivity contribution in [3.05, 3.63) is 53.2 Å². The quantitative estimate of drug-likeness (QED) is 0.798. The number of amides is 1. The van der Waals surface area contributed by atoms with E-state index in [1.54, 1.807) is 30.5 Å². The van der Waals surface area contributed by atoms with Crippen LogP contribution in [0.3, 0.4) is 0 Å². The van der Waals surface area contributed by atoms with Crippen LogP contribution in [0, 0.1) is 0 Å². The lowest BCUT2D eigenvalue weighted by Gasteiger charge is -2.09. The Kier molecular flexibility index (Phi) is 5.37. The first-order valence-electron chi connectivity index (χ1n) is 7.47. The van der Waals surface area contributed by atoms with Crippen LogP contribution in [0.4, 0.5) is 0 Å². The number of pyridine rings is 1. The summed E-state index contributed by atoms with van der Waals surface area (Å²) in [5.41, 5.74) is 0.330. The van der Waals surface area contributed by atoms with E-state index in [9.17, 15) is 9.59 Å². The van der Waals surface area contributed by atoms with Crippen LogP contribution in [-0.4, -0.2) is 29.5 Å². The van der Waals surface area contributed by atoms with E-state index in [2.05, 4.69) is 10.3 Å². The SMILES string of the molecule is O=C(COC(=O)c1cccnc1Sc1ccc(Cl)cc1)NC1CC1. The average molecular weight is 363 g/mol. The number of carbonyl (C=O) groups excluding carboxylic acids is 2. The van der Waals surface area contributed by atoms with Gasteiger partial charge < -0.3 is 10.1 Å². The molecule has 124 valence electrons. The molecule has 3 rings (SSSR count). The Bertz CT molecular complexity index is 748. The van der Waals surface area contributed by atoms with Crippen molar-refractivity contribution in [2.75, 3.05) is 6.61 Å². The Morgan fingerprint density at radius 2 is 2.00 bits per heavy atom. The van der Waals surface area contributed by atoms with Gasteiger partial charge in [0.1, 0.15) is 5.03 Å². The van der Waals surface area contributed by atoms with Gasteiger partial charge in [0.25, 0.3) is 5.91 Å². The maximum atomic E-state index is 12.2. The molecule has 0 spiro atoms. The summed E-state index contributed by atoms with van der Waals surface area (Å²) in [4.78, 5) is 29.0. The van der Waals surface area contributed by atoms with Crippen LogP contribution >= 0.6 is 23.4 Å². The van der Waals surface area contributed by atoms with Gasteiger partial charge in [-0.25, -0.2) is 9.78 Å². The monoisotopic (exact) mass is 362 g/mol. The first-order chi connectivity index (χ1) is 11.6. The van der Waals surface area contributed by atoms with Gasteiger partial charge in [-0.15, -0.1) is 0 Å². The fourth-order valence-electron chi connectivity index (χ4n) is 1.95. The lowest BCUT2D eigenvalue weighted by atomic mass is 10.3. The van der Waals surface area contributed by atoms with Crippen molar-refractivity contribution in [2.24, 2.45) is 0 Å². The Morgan fingerprint density at radius 3 is 2.71 bits per heavy atom. The number of benzene rings is 1. The van der Waals surface area contributed by atoms with Crippen molar-refractivity contribution in [1.29, 1.82) is 0 Å². The molecule has 0 radical (unpaired) electrons. The van der Waals surface area contributed by atoms with Gasteiger partial charge in [-0.3, -0.25) is 4.79 Å². The number of esters is 1. The fraction of sp³-hybridized carbons (Fsp3) is 0.235. The molecule has 0 unspecified atom stereocenters. The number of ether oxygens (including phenoxy) is 1. The van der Waals surface area contributed by atoms with E-state index in [4.69, 9.17) is 16.3 Å². The summed E-state index contributed by atoms with van der Waals surface area (Å²) >= 11 is 7.21. The molecule has 7 heteroatoms. The maximum Gasteiger partial charge on any atom is 0.341 e. The Balaban J connectivity index is 1.64. The minimum absolute atomic E-state index is 0.241. The Hall–Kier alpha value is -2.05. The molecule has 24 heavy (non-hydrogen) atoms. The van der Waals surface area contributed by atoms with Crippen LogP contribution in [0.5, 0.6) is 0 Å². The second kappa shape index (κ2) is 7.68. The minimum Gasteiger partial charge on any atom is -0.452 e. The third-order valence-electron chi connectivity index (χ3n) is 3.30. The standard InChI is InChI=1S/C17H15ClN2O3S/c18-11-3-7-13(8-4-11)24-16-14(2-1-9-19-16)17(22)23-10-15(21)20-12-5-6-12/h1-4,7-9,12H,5-6,10H2,(H,20,21). The normalized spacial score (nSPS) is 13.4. The number of halogens is 1. The largest absolute Gasteiger partial charge is 0.452 e. The van der Waals surface area contributed by atoms with Gasteiger partial charge in [-0.05, 0) is 49.2 Å². The number of nitrogens with one attached hydrogen (secondary N) is 1. The van der Waals surface area contributed by atoms with Crippen LogP contribution in [0.2, 0.25) is 5.02 Å². The van der Waals surface area contributed by atoms with Gasteiger partial charge in [-0.2, -0.15) is 0 Å². The highest BCUT2D eigenvalue weighted by Gasteiger charge is 2.24. The summed E-state index contributed by atoms with van der Waals surface area (Å²) in [5, 5.41) is 3.93. The predicted molar refractivity (Wildman–Crippen MR) is 91.3 cm³/mol. The molecule has 0 atom stereocenters. The molecule has 0 saturated heterocycles. The van der Waals surface area contributed by atoms with Gasteiger partial charge in [0, 0.05) is 22.2 Å². The molecule has 1 saturated carbocycles. The van der Waals surface area contributed by atoms with Gasteiger partial charge in [0.15, 0.2) is 6.61 Å². The average Bonchev–Trinajstić information content (AvgIpc) is 3.39. The highest BCUT2D eigenvalue weighted by atomic mass is 35.5. The number of hydrogen-bond donors (Lipinski definition) is 1. The summed E-state index contributed by atoms with van der Waals surface area (Å²) in [6, 6.07) is 10.8. The van der Waals surface area contributed by atoms with E-state index >= 15 is 0 Å². The van der Waals surface area contributed by atoms with Crippen LogP contribution in [0.15, 0.2) is 52.5 Å². The van der Waals surface area contributed by atoms with E-state index in [-0.39, 0.29) is 18.6 Å². The molecule has 1 aromatic carbocycles. The molecule has 0 aliphatic heterocycles. The number of carbonyl (C=O) groups is 2. The molecule has 5 nitrogen and oxygen atoms in total. The molecule has 2 aromatic rings. The molecule has 1 aromatic heterocycles. The van der Waals surface area contributed by atoms with Gasteiger partial charge in [-0.1, -0.05) is 23.4 Å². The van der Waals surface area contributed by atoms with Gasteiger partial charge in [0.2, 0.25) is 0 Å². The number of aromatic nitrogens is 1. The molecule has 1 aliphatic carbocycles. The zero-order valence-electron chi connectivity index (χ0n) is 12.7. The predicted octanol–water partition coefficient (Wildman–Crippen LogP) is 3.32. The summed E-state index contributed by atoms with van der Waals surface area (Å²) in [7, 11) is 0. The molecule has 0 bridgehead atoms. The summed E-state index contributed by atoms with van der Waals surface area (Å²) in [6.07, 6.45) is 3.59. The third-order valence-corrected chi connectivity index (χ3v) is 4.57. The van der Waals surface area contributed by atoms with E-state index in [1.165, 1.54) is 11.8 Å². The molecule has 1 fully saturated rings. The van der Waals surface area contributed by atoms with Crippen LogP contribution < -0.4 is 5.32 Å². The minimum atomic E-state index is -0.564. The number of nitrogens with zero attached hydrogens (tertiary/aromatic N) is 1. The second-order valence-electron chi connectivity index (χ2n) is 5.33. The molecule has 1 heterocycles. The van der Waals surface area contributed by atoms with E-state index in [0.29, 0.717) is 15.6 Å². The van der Waals surface area contributed by atoms with Gasteiger partial charge >= 0.3 is 5.97 Å². The first-order valence-corrected chi connectivity index (χ1v) is 8.66. The smallest absolute Gasteiger partial charge is 0.341 e. The molecular weight excluding hydrogens is 348 g/mol. The van der Waals surface area contributed by atoms with Crippen molar-refractivity contribution in [2.45, 2.75) is 28.8 Å². The lowest BCUT2D eigenvalue weighted by Crippen LogP contribution is -2.30. The molecular formula is C17H15ClN2O3S. The summed E-state index contributed by atoms with van der Waals surface area (Å²) in [5.74, 6) is -0.841. The van der Waals surface area contributed by atoms with E-state index in [0.717, 1.165) is 17.7 Å². The van der Waals surface area contributed by atoms with Gasteiger partial charge in [0.05, 0.1) is 5.56 Å². The Morgan fingerprint density at radius 1 is 1.25 bits per heavy atom. The molecule has 1 N–H and O–H groups in total. The number of hydrogen-bond acceptors (Lipinski definition) is 5. The highest BCUT2D eigenvalue weighted by Crippen LogP contribution is 2.29. The van der Waals surface area contributed by atoms with E-state index < -0.39 is 5.97 Å². The van der Waals surface area contributed by atoms with Crippen molar-refractivity contribution < 1.29 is 14.3 Å². The van der Waals surface area contributed by atoms with Crippen LogP contribution in [0.25, 0.3) is 0 Å². The van der Waals surface area contributed by atoms with Crippen molar-refractivity contribution >= 4 is 35.2 Å². The van der Waals surface area contributed by atoms with Crippen molar-refractivity contribution in [3.8, 4) is 0 Å². The Labute approximate surface area is 148 Å². The van der Waals surface area contributed by atoms with E-state index in [1.807, 2.05) is 12.1 Å². The second-order valence-corrected chi connectivity index (χ2v) is 6.83. The third kappa shape index (κ3) is 4.72. The lowest BCUT2D eigenvalue weighted by molar-refractivity contribution is -0.124. The number of rotatable bonds is 6. The zero-order valence-corrected chi connectivity index (χ0v) is 14.3. The first kappa shape index (κ1) is 16.8. The van der Waals surface area contributed by atoms with Crippen molar-refractivity contribution in [3.63, 3.8) is 0 Å². The summed E-state index contributed by atoms with van der Waals surface area (Å²) < 4.78 is 5.09. The fourth-order valence-corrected chi connectivity index (χ4v) is 2.94. The highest BCUT2D eigenvalue weighted by molar-refractivity contribution is 7.99. The zero-order chi connectivity index (χ0) is 16.9. The maximum absolute atomic E-state index is 12.2. The molecule has 1 aliphatic rings. The topological polar surface area (TPSA) is 68.3 Å². The van der Waals surface area contributed by atoms with Crippen LogP contribution in [0.1, 0.15) is 23.2 Å². The summed E-state index contributed by atoms with van der Waals surface area (Å²) in [6.45, 7) is -0.282. The molecule has 1 amide bonds. The van der Waals surface area contributed by atoms with Crippen LogP contribution in [-0.2, 0) is 9.53 Å². The van der Waals surface area contributed by atoms with Crippen molar-refractivity contribution in [1.82, 2.24) is 10.3 Å².